The predicted octanol–water partition coefficient (Wildman–Crippen LogP) is 3.21. The molecule has 0 atom stereocenters. The van der Waals surface area contributed by atoms with Gasteiger partial charge in [-0.2, -0.15) is 0 Å². The molecule has 1 aromatic heterocycles. The van der Waals surface area contributed by atoms with Crippen LogP contribution in [0.15, 0.2) is 24.4 Å². The molecule has 0 aliphatic heterocycles. The number of pyridine rings is 1. The van der Waals surface area contributed by atoms with Crippen molar-refractivity contribution < 1.29 is 4.74 Å². The molecular weight excluding hydrogens is 198 g/mol. The molecule has 0 radical (unpaired) electrons. The van der Waals surface area contributed by atoms with Crippen LogP contribution in [-0.4, -0.2) is 12.1 Å². The summed E-state index contributed by atoms with van der Waals surface area (Å²) in [6.45, 7) is 2.01. The highest BCUT2D eigenvalue weighted by Crippen LogP contribution is 2.28. The molecule has 1 aromatic carbocycles. The summed E-state index contributed by atoms with van der Waals surface area (Å²) < 4.78 is 5.22. The van der Waals surface area contributed by atoms with Gasteiger partial charge >= 0.3 is 0 Å². The van der Waals surface area contributed by atoms with Crippen LogP contribution < -0.4 is 4.74 Å². The molecule has 2 rings (SSSR count). The number of ether oxygens (including phenoxy) is 1. The van der Waals surface area contributed by atoms with Gasteiger partial charge in [0.05, 0.1) is 7.11 Å². The zero-order valence-electron chi connectivity index (χ0n) is 8.04. The van der Waals surface area contributed by atoms with E-state index in [9.17, 15) is 0 Å². The van der Waals surface area contributed by atoms with Crippen molar-refractivity contribution in [1.29, 1.82) is 0 Å². The van der Waals surface area contributed by atoms with E-state index in [4.69, 9.17) is 16.3 Å². The van der Waals surface area contributed by atoms with E-state index < -0.39 is 0 Å². The standard InChI is InChI=1S/C11H10ClNO/c1-7-5-8-3-4-13-11(12)9(8)6-10(7)14-2/h3-6H,1-2H3. The molecule has 14 heavy (non-hydrogen) atoms. The molecule has 0 aliphatic carbocycles. The Kier molecular flexibility index (Phi) is 2.30. The van der Waals surface area contributed by atoms with Crippen LogP contribution in [0.2, 0.25) is 5.15 Å². The summed E-state index contributed by atoms with van der Waals surface area (Å²) in [6, 6.07) is 5.90. The second-order valence-corrected chi connectivity index (χ2v) is 3.50. The fourth-order valence-electron chi connectivity index (χ4n) is 1.50. The van der Waals surface area contributed by atoms with Crippen LogP contribution in [0.1, 0.15) is 5.56 Å². The topological polar surface area (TPSA) is 22.1 Å². The molecule has 1 heterocycles. The lowest BCUT2D eigenvalue weighted by molar-refractivity contribution is 0.412. The summed E-state index contributed by atoms with van der Waals surface area (Å²) in [5.74, 6) is 0.840. The second-order valence-electron chi connectivity index (χ2n) is 3.14. The van der Waals surface area contributed by atoms with Gasteiger partial charge in [-0.25, -0.2) is 4.98 Å². The fraction of sp³-hybridized carbons (Fsp3) is 0.182. The third-order valence-corrected chi connectivity index (χ3v) is 2.53. The number of aryl methyl sites for hydroxylation is 1. The zero-order valence-corrected chi connectivity index (χ0v) is 8.80. The van der Waals surface area contributed by atoms with E-state index in [1.807, 2.05) is 25.1 Å². The third-order valence-electron chi connectivity index (χ3n) is 2.23. The molecule has 0 saturated carbocycles. The van der Waals surface area contributed by atoms with Crippen LogP contribution in [0.3, 0.4) is 0 Å². The van der Waals surface area contributed by atoms with Gasteiger partial charge in [0.25, 0.3) is 0 Å². The van der Waals surface area contributed by atoms with Crippen molar-refractivity contribution in [3.63, 3.8) is 0 Å². The van der Waals surface area contributed by atoms with E-state index in [1.165, 1.54) is 0 Å². The molecule has 0 aliphatic rings. The van der Waals surface area contributed by atoms with E-state index in [0.717, 1.165) is 22.1 Å². The van der Waals surface area contributed by atoms with Gasteiger partial charge in [0.2, 0.25) is 0 Å². The molecule has 0 unspecified atom stereocenters. The third kappa shape index (κ3) is 1.42. The number of hydrogen-bond donors (Lipinski definition) is 0. The van der Waals surface area contributed by atoms with Gasteiger partial charge < -0.3 is 4.74 Å². The summed E-state index contributed by atoms with van der Waals surface area (Å²) in [6.07, 6.45) is 1.70. The van der Waals surface area contributed by atoms with Crippen LogP contribution >= 0.6 is 11.6 Å². The molecule has 0 spiro atoms. The van der Waals surface area contributed by atoms with Gasteiger partial charge in [-0.05, 0) is 36.1 Å². The van der Waals surface area contributed by atoms with Crippen LogP contribution in [0.5, 0.6) is 5.75 Å². The largest absolute Gasteiger partial charge is 0.496 e. The number of benzene rings is 1. The zero-order chi connectivity index (χ0) is 10.1. The Morgan fingerprint density at radius 3 is 2.86 bits per heavy atom. The Balaban J connectivity index is 2.80. The average Bonchev–Trinajstić information content (AvgIpc) is 2.17. The minimum atomic E-state index is 0.515. The Hall–Kier alpha value is -1.28. The molecule has 3 heteroatoms. The smallest absolute Gasteiger partial charge is 0.136 e. The molecular formula is C11H10ClNO. The maximum absolute atomic E-state index is 5.97. The van der Waals surface area contributed by atoms with Crippen LogP contribution in [0.4, 0.5) is 0 Å². The van der Waals surface area contributed by atoms with Crippen molar-refractivity contribution >= 4 is 22.4 Å². The minimum Gasteiger partial charge on any atom is -0.496 e. The van der Waals surface area contributed by atoms with Crippen molar-refractivity contribution in [3.8, 4) is 5.75 Å². The normalized spacial score (nSPS) is 10.5. The van der Waals surface area contributed by atoms with Gasteiger partial charge in [0.15, 0.2) is 0 Å². The lowest BCUT2D eigenvalue weighted by atomic mass is 10.1. The highest BCUT2D eigenvalue weighted by Gasteiger charge is 2.04. The van der Waals surface area contributed by atoms with Crippen molar-refractivity contribution in [2.75, 3.05) is 7.11 Å². The summed E-state index contributed by atoms with van der Waals surface area (Å²) in [5, 5.41) is 2.53. The van der Waals surface area contributed by atoms with Crippen LogP contribution in [0.25, 0.3) is 10.8 Å². The molecule has 0 saturated heterocycles. The Labute approximate surface area is 87.5 Å². The Morgan fingerprint density at radius 2 is 2.14 bits per heavy atom. The number of halogens is 1. The quantitative estimate of drug-likeness (QED) is 0.670. The van der Waals surface area contributed by atoms with E-state index in [1.54, 1.807) is 13.3 Å². The molecule has 0 fully saturated rings. The Bertz CT molecular complexity index is 482. The van der Waals surface area contributed by atoms with Crippen molar-refractivity contribution in [1.82, 2.24) is 4.98 Å². The van der Waals surface area contributed by atoms with Gasteiger partial charge in [-0.1, -0.05) is 11.6 Å². The van der Waals surface area contributed by atoms with E-state index in [0.29, 0.717) is 5.15 Å². The highest BCUT2D eigenvalue weighted by atomic mass is 35.5. The minimum absolute atomic E-state index is 0.515. The summed E-state index contributed by atoms with van der Waals surface area (Å²) >= 11 is 5.97. The van der Waals surface area contributed by atoms with Gasteiger partial charge in [-0.3, -0.25) is 0 Å². The number of rotatable bonds is 1. The number of nitrogens with zero attached hydrogens (tertiary/aromatic N) is 1. The van der Waals surface area contributed by atoms with Crippen molar-refractivity contribution in [2.45, 2.75) is 6.92 Å². The first-order chi connectivity index (χ1) is 6.72. The van der Waals surface area contributed by atoms with Crippen molar-refractivity contribution in [2.24, 2.45) is 0 Å². The monoisotopic (exact) mass is 207 g/mol. The maximum Gasteiger partial charge on any atom is 0.136 e. The number of aromatic nitrogens is 1. The molecule has 2 nitrogen and oxygen atoms in total. The van der Waals surface area contributed by atoms with Gasteiger partial charge in [0.1, 0.15) is 10.9 Å². The fourth-order valence-corrected chi connectivity index (χ4v) is 1.72. The molecule has 2 aromatic rings. The van der Waals surface area contributed by atoms with Crippen molar-refractivity contribution in [3.05, 3.63) is 35.1 Å². The number of methoxy groups -OCH3 is 1. The summed E-state index contributed by atoms with van der Waals surface area (Å²) in [5.41, 5.74) is 1.10. The predicted molar refractivity (Wildman–Crippen MR) is 58.0 cm³/mol. The first-order valence-electron chi connectivity index (χ1n) is 4.31. The lowest BCUT2D eigenvalue weighted by Crippen LogP contribution is -1.88. The van der Waals surface area contributed by atoms with Crippen LogP contribution in [0, 0.1) is 6.92 Å². The lowest BCUT2D eigenvalue weighted by Gasteiger charge is -2.07. The summed E-state index contributed by atoms with van der Waals surface area (Å²) in [4.78, 5) is 4.02. The SMILES string of the molecule is COc1cc2c(Cl)nccc2cc1C. The summed E-state index contributed by atoms with van der Waals surface area (Å²) in [7, 11) is 1.65. The second kappa shape index (κ2) is 3.46. The van der Waals surface area contributed by atoms with Gasteiger partial charge in [0, 0.05) is 11.6 Å². The highest BCUT2D eigenvalue weighted by molar-refractivity contribution is 6.34. The molecule has 72 valence electrons. The average molecular weight is 208 g/mol. The maximum atomic E-state index is 5.97. The first-order valence-corrected chi connectivity index (χ1v) is 4.69. The molecule has 0 N–H and O–H groups in total. The van der Waals surface area contributed by atoms with Gasteiger partial charge in [-0.15, -0.1) is 0 Å². The van der Waals surface area contributed by atoms with E-state index >= 15 is 0 Å². The van der Waals surface area contributed by atoms with E-state index in [-0.39, 0.29) is 0 Å². The van der Waals surface area contributed by atoms with E-state index in [2.05, 4.69) is 4.98 Å². The van der Waals surface area contributed by atoms with Crippen LogP contribution in [-0.2, 0) is 0 Å². The molecule has 0 bridgehead atoms. The molecule has 0 amide bonds. The Morgan fingerprint density at radius 1 is 1.36 bits per heavy atom. The number of hydrogen-bond acceptors (Lipinski definition) is 2. The number of fused-ring (bicyclic) bond motifs is 1. The first kappa shape index (κ1) is 9.28.